The van der Waals surface area contributed by atoms with Crippen molar-refractivity contribution in [2.45, 2.75) is 24.5 Å². The molecule has 1 saturated heterocycles. The number of anilines is 1. The first kappa shape index (κ1) is 15.4. The minimum atomic E-state index is -1.19. The average Bonchev–Trinajstić information content (AvgIpc) is 2.94. The molecule has 1 aliphatic rings. The first-order valence-electron chi connectivity index (χ1n) is 5.69. The van der Waals surface area contributed by atoms with E-state index < -0.39 is 31.1 Å². The number of aliphatic hydroxyl groups excluding tert-OH is 3. The van der Waals surface area contributed by atoms with E-state index in [0.29, 0.717) is 11.2 Å². The number of nitrogen functional groups attached to an aromatic ring is 1. The van der Waals surface area contributed by atoms with Gasteiger partial charge in [0.05, 0.1) is 12.9 Å². The van der Waals surface area contributed by atoms with Gasteiger partial charge in [-0.05, 0) is 0 Å². The van der Waals surface area contributed by atoms with Crippen LogP contribution < -0.4 is 5.73 Å². The molecule has 10 heteroatoms. The van der Waals surface area contributed by atoms with Crippen LogP contribution in [0.2, 0.25) is 0 Å². The second-order valence-corrected chi connectivity index (χ2v) is 4.31. The molecule has 4 atom stereocenters. The Kier molecular flexibility index (Phi) is 4.44. The molecule has 2 aromatic heterocycles. The van der Waals surface area contributed by atoms with Gasteiger partial charge in [0.1, 0.15) is 30.2 Å². The van der Waals surface area contributed by atoms with Crippen molar-refractivity contribution in [3.05, 3.63) is 12.7 Å². The Morgan fingerprint density at radius 2 is 2.00 bits per heavy atom. The predicted molar refractivity (Wildman–Crippen MR) is 68.5 cm³/mol. The molecule has 0 spiro atoms. The smallest absolute Gasteiger partial charge is 0.167 e. The molecule has 106 valence electrons. The number of imidazole rings is 1. The zero-order valence-electron chi connectivity index (χ0n) is 10.3. The van der Waals surface area contributed by atoms with E-state index >= 15 is 0 Å². The van der Waals surface area contributed by atoms with Crippen molar-refractivity contribution in [1.29, 1.82) is 0 Å². The molecular weight excluding hydrogens is 373 g/mol. The fourth-order valence-electron chi connectivity index (χ4n) is 2.17. The molecule has 0 aliphatic carbocycles. The van der Waals surface area contributed by atoms with Crippen LogP contribution in [0.25, 0.3) is 11.2 Å². The Labute approximate surface area is 130 Å². The van der Waals surface area contributed by atoms with Crippen molar-refractivity contribution < 1.29 is 20.1 Å². The summed E-state index contributed by atoms with van der Waals surface area (Å²) in [7, 11) is 0. The molecule has 2 aromatic rings. The first-order chi connectivity index (χ1) is 9.13. The topological polar surface area (TPSA) is 140 Å². The Hall–Kier alpha value is -1.01. The van der Waals surface area contributed by atoms with Crippen molar-refractivity contribution in [1.82, 2.24) is 19.5 Å². The van der Waals surface area contributed by atoms with E-state index in [9.17, 15) is 10.2 Å². The van der Waals surface area contributed by atoms with Crippen LogP contribution in [0.15, 0.2) is 12.7 Å². The fourth-order valence-corrected chi connectivity index (χ4v) is 2.17. The molecular formula is C10H13N5O4Sn. The standard InChI is InChI=1S/C10H13N5O4.Sn/c11-8-5-9(13-2-12-8)15(3-14-5)10-7(18)6(17)4(1-16)19-10;/h2-4,6-7,10,16-18H,1H2,(H2,11,12,13);/t4-,6?,7?,10-;/m1./s1. The van der Waals surface area contributed by atoms with Crippen molar-refractivity contribution >= 4 is 40.9 Å². The summed E-state index contributed by atoms with van der Waals surface area (Å²) in [5.74, 6) is 0.218. The summed E-state index contributed by atoms with van der Waals surface area (Å²) in [6.45, 7) is -0.390. The Bertz CT molecular complexity index is 608. The Balaban J connectivity index is 0.00000147. The molecule has 9 nitrogen and oxygen atoms in total. The molecule has 0 amide bonds. The zero-order chi connectivity index (χ0) is 13.6. The van der Waals surface area contributed by atoms with Gasteiger partial charge in [-0.3, -0.25) is 4.57 Å². The van der Waals surface area contributed by atoms with Gasteiger partial charge >= 0.3 is 0 Å². The van der Waals surface area contributed by atoms with E-state index in [-0.39, 0.29) is 29.7 Å². The van der Waals surface area contributed by atoms with Gasteiger partial charge in [-0.15, -0.1) is 0 Å². The summed E-state index contributed by atoms with van der Waals surface area (Å²) < 4.78 is 6.85. The maximum Gasteiger partial charge on any atom is 0.167 e. The summed E-state index contributed by atoms with van der Waals surface area (Å²) in [6, 6.07) is 0. The van der Waals surface area contributed by atoms with Gasteiger partial charge in [0.25, 0.3) is 0 Å². The maximum absolute atomic E-state index is 9.95. The van der Waals surface area contributed by atoms with Gasteiger partial charge < -0.3 is 25.8 Å². The maximum atomic E-state index is 9.95. The van der Waals surface area contributed by atoms with Crippen molar-refractivity contribution in [2.24, 2.45) is 0 Å². The van der Waals surface area contributed by atoms with E-state index in [4.69, 9.17) is 15.6 Å². The van der Waals surface area contributed by atoms with Gasteiger partial charge in [0.15, 0.2) is 17.7 Å². The molecule has 0 bridgehead atoms. The SMILES string of the molecule is Nc1ncnc2c1ncn2[C@@H]1O[C@H](CO)C(O)C1O.[Sn]. The summed E-state index contributed by atoms with van der Waals surface area (Å²) in [6.07, 6.45) is -1.42. The van der Waals surface area contributed by atoms with E-state index in [2.05, 4.69) is 15.0 Å². The molecule has 2 unspecified atom stereocenters. The number of fused-ring (bicyclic) bond motifs is 1. The normalized spacial score (nSPS) is 29.6. The van der Waals surface area contributed by atoms with Crippen LogP contribution in [0, 0.1) is 0 Å². The van der Waals surface area contributed by atoms with Crippen LogP contribution in [0.4, 0.5) is 5.82 Å². The van der Waals surface area contributed by atoms with Gasteiger partial charge in [-0.2, -0.15) is 0 Å². The second kappa shape index (κ2) is 5.77. The number of aromatic nitrogens is 4. The molecule has 0 aromatic carbocycles. The van der Waals surface area contributed by atoms with Gasteiger partial charge in [-0.1, -0.05) is 0 Å². The minimum absolute atomic E-state index is 0. The fraction of sp³-hybridized carbons (Fsp3) is 0.500. The van der Waals surface area contributed by atoms with Crippen LogP contribution in [-0.4, -0.2) is 83.7 Å². The van der Waals surface area contributed by atoms with Gasteiger partial charge in [0.2, 0.25) is 0 Å². The molecule has 4 radical (unpaired) electrons. The minimum Gasteiger partial charge on any atom is -0.394 e. The van der Waals surface area contributed by atoms with Crippen LogP contribution >= 0.6 is 0 Å². The molecule has 3 heterocycles. The molecule has 5 N–H and O–H groups in total. The van der Waals surface area contributed by atoms with Crippen LogP contribution in [0.5, 0.6) is 0 Å². The molecule has 1 fully saturated rings. The number of nitrogens with zero attached hydrogens (tertiary/aromatic N) is 4. The molecule has 20 heavy (non-hydrogen) atoms. The van der Waals surface area contributed by atoms with Crippen molar-refractivity contribution in [3.63, 3.8) is 0 Å². The number of aliphatic hydroxyl groups is 3. The van der Waals surface area contributed by atoms with Crippen molar-refractivity contribution in [3.8, 4) is 0 Å². The quantitative estimate of drug-likeness (QED) is 0.421. The van der Waals surface area contributed by atoms with Gasteiger partial charge in [0, 0.05) is 23.9 Å². The molecule has 1 aliphatic heterocycles. The Morgan fingerprint density at radius 1 is 1.25 bits per heavy atom. The third-order valence-corrected chi connectivity index (χ3v) is 3.18. The van der Waals surface area contributed by atoms with Crippen LogP contribution in [0.3, 0.4) is 0 Å². The van der Waals surface area contributed by atoms with Crippen molar-refractivity contribution in [2.75, 3.05) is 12.3 Å². The van der Waals surface area contributed by atoms with Crippen LogP contribution in [-0.2, 0) is 4.74 Å². The third kappa shape index (κ3) is 2.24. The zero-order valence-corrected chi connectivity index (χ0v) is 13.1. The van der Waals surface area contributed by atoms with E-state index in [1.54, 1.807) is 0 Å². The van der Waals surface area contributed by atoms with Crippen LogP contribution in [0.1, 0.15) is 6.23 Å². The summed E-state index contributed by atoms with van der Waals surface area (Å²) >= 11 is 0. The second-order valence-electron chi connectivity index (χ2n) is 4.31. The summed E-state index contributed by atoms with van der Waals surface area (Å²) in [4.78, 5) is 11.9. The van der Waals surface area contributed by atoms with E-state index in [1.165, 1.54) is 17.2 Å². The summed E-state index contributed by atoms with van der Waals surface area (Å²) in [5, 5.41) is 28.7. The molecule has 0 saturated carbocycles. The number of ether oxygens (including phenoxy) is 1. The number of hydrogen-bond acceptors (Lipinski definition) is 8. The predicted octanol–water partition coefficient (Wildman–Crippen LogP) is -2.36. The van der Waals surface area contributed by atoms with E-state index in [1.807, 2.05) is 0 Å². The molecule has 3 rings (SSSR count). The number of rotatable bonds is 2. The first-order valence-corrected chi connectivity index (χ1v) is 5.69. The third-order valence-electron chi connectivity index (χ3n) is 3.18. The number of hydrogen-bond donors (Lipinski definition) is 4. The Morgan fingerprint density at radius 3 is 2.65 bits per heavy atom. The van der Waals surface area contributed by atoms with Gasteiger partial charge in [-0.25, -0.2) is 15.0 Å². The number of nitrogens with two attached hydrogens (primary N) is 1. The average molecular weight is 386 g/mol. The summed E-state index contributed by atoms with van der Waals surface area (Å²) in [5.41, 5.74) is 6.44. The largest absolute Gasteiger partial charge is 0.394 e. The monoisotopic (exact) mass is 387 g/mol. The van der Waals surface area contributed by atoms with E-state index in [0.717, 1.165) is 0 Å².